The van der Waals surface area contributed by atoms with Gasteiger partial charge >= 0.3 is 5.97 Å². The van der Waals surface area contributed by atoms with Crippen LogP contribution < -0.4 is 4.90 Å². The first-order valence-electron chi connectivity index (χ1n) is 8.68. The number of carbonyl (C=O) groups is 1. The van der Waals surface area contributed by atoms with Gasteiger partial charge in [-0.2, -0.15) is 0 Å². The minimum atomic E-state index is -0.431. The summed E-state index contributed by atoms with van der Waals surface area (Å²) in [5.41, 5.74) is 4.97. The van der Waals surface area contributed by atoms with Crippen molar-refractivity contribution in [2.45, 2.75) is 0 Å². The number of carbonyl (C=O) groups excluding carboxylic acids is 1. The lowest BCUT2D eigenvalue weighted by Gasteiger charge is -2.19. The van der Waals surface area contributed by atoms with Crippen molar-refractivity contribution in [2.24, 2.45) is 5.16 Å². The molecule has 0 fully saturated rings. The van der Waals surface area contributed by atoms with Crippen LogP contribution in [0.4, 0.5) is 11.4 Å². The lowest BCUT2D eigenvalue weighted by atomic mass is 10.0. The molecule has 27 heavy (non-hydrogen) atoms. The predicted octanol–water partition coefficient (Wildman–Crippen LogP) is 4.80. The van der Waals surface area contributed by atoms with E-state index in [1.54, 1.807) is 0 Å². The molecule has 0 N–H and O–H groups in total. The number of oxime groups is 1. The highest BCUT2D eigenvalue weighted by molar-refractivity contribution is 6.31. The van der Waals surface area contributed by atoms with Gasteiger partial charge in [-0.25, -0.2) is 4.79 Å². The van der Waals surface area contributed by atoms with Crippen LogP contribution in [0.3, 0.4) is 0 Å². The Morgan fingerprint density at radius 3 is 2.07 bits per heavy atom. The maximum Gasteiger partial charge on any atom is 0.368 e. The highest BCUT2D eigenvalue weighted by atomic mass is 16.7. The van der Waals surface area contributed by atoms with Gasteiger partial charge in [0.25, 0.3) is 0 Å². The third kappa shape index (κ3) is 3.51. The van der Waals surface area contributed by atoms with E-state index in [1.165, 1.54) is 0 Å². The van der Waals surface area contributed by atoms with E-state index in [0.717, 1.165) is 22.5 Å². The second kappa shape index (κ2) is 7.30. The molecule has 0 saturated carbocycles. The van der Waals surface area contributed by atoms with Crippen LogP contribution >= 0.6 is 0 Å². The van der Waals surface area contributed by atoms with Crippen molar-refractivity contribution in [3.8, 4) is 0 Å². The van der Waals surface area contributed by atoms with Gasteiger partial charge in [-0.1, -0.05) is 65.8 Å². The standard InChI is InChI=1S/C23H18N2O2/c1-25(19-10-6-3-7-11-19)20-14-12-17(13-15-20)16-21-22(24-27-23(21)26)18-8-4-2-5-9-18/h2-16H,1H3/b21-16+. The van der Waals surface area contributed by atoms with E-state index in [4.69, 9.17) is 4.84 Å². The van der Waals surface area contributed by atoms with Crippen molar-refractivity contribution in [1.29, 1.82) is 0 Å². The second-order valence-corrected chi connectivity index (χ2v) is 6.23. The molecule has 1 aliphatic heterocycles. The van der Waals surface area contributed by atoms with Crippen molar-refractivity contribution >= 4 is 29.1 Å². The van der Waals surface area contributed by atoms with Gasteiger partial charge in [0.2, 0.25) is 0 Å². The number of hydrogen-bond acceptors (Lipinski definition) is 4. The van der Waals surface area contributed by atoms with E-state index >= 15 is 0 Å². The quantitative estimate of drug-likeness (QED) is 0.499. The normalized spacial score (nSPS) is 14.8. The monoisotopic (exact) mass is 354 g/mol. The Morgan fingerprint density at radius 1 is 0.815 bits per heavy atom. The Balaban J connectivity index is 1.60. The van der Waals surface area contributed by atoms with Gasteiger partial charge in [0.15, 0.2) is 0 Å². The summed E-state index contributed by atoms with van der Waals surface area (Å²) in [5, 5.41) is 3.94. The molecule has 4 nitrogen and oxygen atoms in total. The summed E-state index contributed by atoms with van der Waals surface area (Å²) in [6.45, 7) is 0. The van der Waals surface area contributed by atoms with Gasteiger partial charge in [-0.05, 0) is 35.9 Å². The van der Waals surface area contributed by atoms with Gasteiger partial charge in [0.05, 0.1) is 5.57 Å². The summed E-state index contributed by atoms with van der Waals surface area (Å²) in [6, 6.07) is 27.7. The van der Waals surface area contributed by atoms with Crippen LogP contribution in [0.2, 0.25) is 0 Å². The first kappa shape index (κ1) is 16.8. The van der Waals surface area contributed by atoms with E-state index < -0.39 is 5.97 Å². The fraction of sp³-hybridized carbons (Fsp3) is 0.0435. The second-order valence-electron chi connectivity index (χ2n) is 6.23. The van der Waals surface area contributed by atoms with E-state index in [1.807, 2.05) is 85.9 Å². The summed E-state index contributed by atoms with van der Waals surface area (Å²) in [4.78, 5) is 19.1. The van der Waals surface area contributed by atoms with Crippen LogP contribution in [-0.2, 0) is 9.63 Å². The van der Waals surface area contributed by atoms with Crippen molar-refractivity contribution < 1.29 is 9.63 Å². The zero-order valence-corrected chi connectivity index (χ0v) is 14.9. The maximum absolute atomic E-state index is 12.1. The molecule has 3 aromatic rings. The van der Waals surface area contributed by atoms with Crippen molar-refractivity contribution in [3.05, 3.63) is 102 Å². The number of anilines is 2. The average Bonchev–Trinajstić information content (AvgIpc) is 3.09. The fourth-order valence-electron chi connectivity index (χ4n) is 2.98. The lowest BCUT2D eigenvalue weighted by molar-refractivity contribution is -0.136. The van der Waals surface area contributed by atoms with Crippen molar-refractivity contribution in [1.82, 2.24) is 0 Å². The molecule has 3 aromatic carbocycles. The molecule has 0 aliphatic carbocycles. The highest BCUT2D eigenvalue weighted by Gasteiger charge is 2.26. The number of nitrogens with zero attached hydrogens (tertiary/aromatic N) is 2. The van der Waals surface area contributed by atoms with E-state index in [2.05, 4.69) is 22.2 Å². The van der Waals surface area contributed by atoms with Crippen LogP contribution in [0, 0.1) is 0 Å². The zero-order chi connectivity index (χ0) is 18.6. The summed E-state index contributed by atoms with van der Waals surface area (Å²) in [7, 11) is 2.03. The molecular weight excluding hydrogens is 336 g/mol. The number of para-hydroxylation sites is 1. The number of benzene rings is 3. The van der Waals surface area contributed by atoms with Gasteiger partial charge < -0.3 is 9.74 Å². The largest absolute Gasteiger partial charge is 0.368 e. The smallest absolute Gasteiger partial charge is 0.345 e. The third-order valence-electron chi connectivity index (χ3n) is 4.48. The molecule has 132 valence electrons. The van der Waals surface area contributed by atoms with Crippen LogP contribution in [0.1, 0.15) is 11.1 Å². The lowest BCUT2D eigenvalue weighted by Crippen LogP contribution is -2.09. The minimum absolute atomic E-state index is 0.431. The summed E-state index contributed by atoms with van der Waals surface area (Å²) in [5.74, 6) is -0.431. The Bertz CT molecular complexity index is 1010. The molecule has 0 aromatic heterocycles. The molecule has 0 amide bonds. The minimum Gasteiger partial charge on any atom is -0.345 e. The summed E-state index contributed by atoms with van der Waals surface area (Å²) >= 11 is 0. The predicted molar refractivity (Wildman–Crippen MR) is 108 cm³/mol. The highest BCUT2D eigenvalue weighted by Crippen LogP contribution is 2.25. The first-order valence-corrected chi connectivity index (χ1v) is 8.68. The van der Waals surface area contributed by atoms with Gasteiger partial charge in [0, 0.05) is 24.0 Å². The topological polar surface area (TPSA) is 41.9 Å². The Morgan fingerprint density at radius 2 is 1.41 bits per heavy atom. The molecule has 1 aliphatic rings. The van der Waals surface area contributed by atoms with Gasteiger partial charge in [-0.3, -0.25) is 0 Å². The molecule has 0 atom stereocenters. The Kier molecular flexibility index (Phi) is 4.54. The SMILES string of the molecule is CN(c1ccccc1)c1ccc(/C=C2/C(=O)ON=C2c2ccccc2)cc1. The Labute approximate surface area is 158 Å². The van der Waals surface area contributed by atoms with Gasteiger partial charge in [0.1, 0.15) is 5.71 Å². The first-order chi connectivity index (χ1) is 13.2. The molecule has 0 bridgehead atoms. The van der Waals surface area contributed by atoms with Gasteiger partial charge in [-0.15, -0.1) is 0 Å². The molecular formula is C23H18N2O2. The molecule has 4 heteroatoms. The number of hydrogen-bond donors (Lipinski definition) is 0. The van der Waals surface area contributed by atoms with Crippen LogP contribution in [0.25, 0.3) is 6.08 Å². The van der Waals surface area contributed by atoms with E-state index in [-0.39, 0.29) is 0 Å². The Hall–Kier alpha value is -3.66. The summed E-state index contributed by atoms with van der Waals surface area (Å²) < 4.78 is 0. The van der Waals surface area contributed by atoms with Crippen LogP contribution in [-0.4, -0.2) is 18.7 Å². The average molecular weight is 354 g/mol. The van der Waals surface area contributed by atoms with E-state index in [9.17, 15) is 4.79 Å². The molecule has 0 unspecified atom stereocenters. The van der Waals surface area contributed by atoms with Crippen LogP contribution in [0.15, 0.2) is 95.7 Å². The molecule has 0 saturated heterocycles. The molecule has 4 rings (SSSR count). The zero-order valence-electron chi connectivity index (χ0n) is 14.9. The fourth-order valence-corrected chi connectivity index (χ4v) is 2.98. The number of rotatable bonds is 4. The van der Waals surface area contributed by atoms with Crippen molar-refractivity contribution in [3.63, 3.8) is 0 Å². The third-order valence-corrected chi connectivity index (χ3v) is 4.48. The maximum atomic E-state index is 12.1. The summed E-state index contributed by atoms with van der Waals surface area (Å²) in [6.07, 6.45) is 1.81. The van der Waals surface area contributed by atoms with E-state index in [0.29, 0.717) is 11.3 Å². The molecule has 0 radical (unpaired) electrons. The molecule has 0 spiro atoms. The molecule has 1 heterocycles. The van der Waals surface area contributed by atoms with Crippen LogP contribution in [0.5, 0.6) is 0 Å². The van der Waals surface area contributed by atoms with Crippen molar-refractivity contribution in [2.75, 3.05) is 11.9 Å².